The van der Waals surface area contributed by atoms with Crippen molar-refractivity contribution >= 4 is 29.9 Å². The average Bonchev–Trinajstić information content (AvgIpc) is 2.37. The Morgan fingerprint density at radius 2 is 2.15 bits per heavy atom. The van der Waals surface area contributed by atoms with Crippen LogP contribution < -0.4 is 10.6 Å². The Morgan fingerprint density at radius 3 is 2.80 bits per heavy atom. The molecular formula is C14H19Cl2FN2O. The largest absolute Gasteiger partial charge is 0.347 e. The maximum atomic E-state index is 13.6. The second-order valence-electron chi connectivity index (χ2n) is 5.13. The third-order valence-corrected chi connectivity index (χ3v) is 3.92. The molecule has 0 radical (unpaired) electrons. The first kappa shape index (κ1) is 17.2. The lowest BCUT2D eigenvalue weighted by Gasteiger charge is -2.36. The molecule has 0 aromatic heterocycles. The minimum Gasteiger partial charge on any atom is -0.347 e. The highest BCUT2D eigenvalue weighted by Crippen LogP contribution is 2.19. The van der Waals surface area contributed by atoms with Gasteiger partial charge in [0.2, 0.25) is 0 Å². The van der Waals surface area contributed by atoms with Gasteiger partial charge in [-0.2, -0.15) is 0 Å². The molecule has 1 aromatic rings. The van der Waals surface area contributed by atoms with Gasteiger partial charge in [-0.05, 0) is 44.0 Å². The Kier molecular flexibility index (Phi) is 6.24. The molecule has 1 saturated heterocycles. The molecule has 20 heavy (non-hydrogen) atoms. The monoisotopic (exact) mass is 320 g/mol. The molecule has 3 nitrogen and oxygen atoms in total. The van der Waals surface area contributed by atoms with Crippen LogP contribution >= 0.6 is 24.0 Å². The fourth-order valence-electron chi connectivity index (χ4n) is 2.51. The molecule has 1 aliphatic heterocycles. The van der Waals surface area contributed by atoms with Gasteiger partial charge in [0.25, 0.3) is 5.91 Å². The van der Waals surface area contributed by atoms with Crippen molar-refractivity contribution in [2.24, 2.45) is 5.92 Å². The molecule has 0 bridgehead atoms. The molecule has 6 heteroatoms. The minimum absolute atomic E-state index is 0. The van der Waals surface area contributed by atoms with Gasteiger partial charge in [0.1, 0.15) is 5.82 Å². The molecule has 0 spiro atoms. The lowest BCUT2D eigenvalue weighted by Crippen LogP contribution is -2.56. The Hall–Kier alpha value is -0.840. The van der Waals surface area contributed by atoms with Gasteiger partial charge in [-0.3, -0.25) is 4.79 Å². The number of carbonyl (C=O) groups is 1. The smallest absolute Gasteiger partial charge is 0.254 e. The molecule has 3 atom stereocenters. The highest BCUT2D eigenvalue weighted by atomic mass is 35.5. The molecule has 2 rings (SSSR count). The first-order valence-electron chi connectivity index (χ1n) is 6.48. The zero-order valence-corrected chi connectivity index (χ0v) is 13.0. The van der Waals surface area contributed by atoms with Crippen LogP contribution in [0.4, 0.5) is 4.39 Å². The SMILES string of the molecule is CC1CCNC(C)C1NC(=O)c1cc(Cl)ccc1F.Cl. The van der Waals surface area contributed by atoms with Crippen LogP contribution in [0.2, 0.25) is 5.02 Å². The van der Waals surface area contributed by atoms with Gasteiger partial charge in [0, 0.05) is 17.1 Å². The van der Waals surface area contributed by atoms with Gasteiger partial charge in [0.05, 0.1) is 5.56 Å². The fourth-order valence-corrected chi connectivity index (χ4v) is 2.68. The zero-order chi connectivity index (χ0) is 14.0. The molecule has 112 valence electrons. The lowest BCUT2D eigenvalue weighted by atomic mass is 9.89. The number of amides is 1. The van der Waals surface area contributed by atoms with Crippen molar-refractivity contribution < 1.29 is 9.18 Å². The van der Waals surface area contributed by atoms with Crippen LogP contribution in [0, 0.1) is 11.7 Å². The Bertz CT molecular complexity index is 474. The van der Waals surface area contributed by atoms with Crippen molar-refractivity contribution in [2.45, 2.75) is 32.4 Å². The number of halogens is 3. The van der Waals surface area contributed by atoms with Gasteiger partial charge < -0.3 is 10.6 Å². The molecule has 1 aromatic carbocycles. The quantitative estimate of drug-likeness (QED) is 0.879. The number of rotatable bonds is 2. The van der Waals surface area contributed by atoms with Crippen molar-refractivity contribution in [3.05, 3.63) is 34.6 Å². The molecule has 1 fully saturated rings. The third kappa shape index (κ3) is 3.84. The highest BCUT2D eigenvalue weighted by Gasteiger charge is 2.29. The number of carbonyl (C=O) groups excluding carboxylic acids is 1. The number of benzene rings is 1. The second-order valence-corrected chi connectivity index (χ2v) is 5.57. The summed E-state index contributed by atoms with van der Waals surface area (Å²) in [5.74, 6) is -0.596. The summed E-state index contributed by atoms with van der Waals surface area (Å²) in [5, 5.41) is 6.57. The van der Waals surface area contributed by atoms with Crippen LogP contribution in [0.3, 0.4) is 0 Å². The van der Waals surface area contributed by atoms with E-state index in [1.165, 1.54) is 18.2 Å². The number of hydrogen-bond donors (Lipinski definition) is 2. The van der Waals surface area contributed by atoms with E-state index in [2.05, 4.69) is 17.6 Å². The average molecular weight is 321 g/mol. The summed E-state index contributed by atoms with van der Waals surface area (Å²) < 4.78 is 13.6. The molecule has 0 saturated carbocycles. The molecule has 3 unspecified atom stereocenters. The predicted octanol–water partition coefficient (Wildman–Crippen LogP) is 3.02. The standard InChI is InChI=1S/C14H18ClFN2O.ClH/c1-8-5-6-17-9(2)13(8)18-14(19)11-7-10(15)3-4-12(11)16;/h3-4,7-9,13,17H,5-6H2,1-2H3,(H,18,19);1H. The number of nitrogens with one attached hydrogen (secondary N) is 2. The summed E-state index contributed by atoms with van der Waals surface area (Å²) in [6.45, 7) is 5.06. The normalized spacial score (nSPS) is 25.7. The van der Waals surface area contributed by atoms with Gasteiger partial charge in [-0.1, -0.05) is 18.5 Å². The first-order chi connectivity index (χ1) is 8.99. The van der Waals surface area contributed by atoms with E-state index in [-0.39, 0.29) is 30.1 Å². The van der Waals surface area contributed by atoms with Crippen LogP contribution in [0.15, 0.2) is 18.2 Å². The van der Waals surface area contributed by atoms with E-state index in [1.807, 2.05) is 6.92 Å². The second kappa shape index (κ2) is 7.25. The van der Waals surface area contributed by atoms with Gasteiger partial charge >= 0.3 is 0 Å². The van der Waals surface area contributed by atoms with E-state index in [1.54, 1.807) is 0 Å². The van der Waals surface area contributed by atoms with Gasteiger partial charge in [-0.25, -0.2) is 4.39 Å². The summed E-state index contributed by atoms with van der Waals surface area (Å²) >= 11 is 5.80. The Labute approximate surface area is 129 Å². The van der Waals surface area contributed by atoms with Crippen LogP contribution in [0.5, 0.6) is 0 Å². The molecule has 1 amide bonds. The van der Waals surface area contributed by atoms with E-state index < -0.39 is 11.7 Å². The topological polar surface area (TPSA) is 41.1 Å². The van der Waals surface area contributed by atoms with Gasteiger partial charge in [-0.15, -0.1) is 12.4 Å². The summed E-state index contributed by atoms with van der Waals surface area (Å²) in [7, 11) is 0. The summed E-state index contributed by atoms with van der Waals surface area (Å²) in [6, 6.07) is 4.18. The van der Waals surface area contributed by atoms with E-state index in [0.29, 0.717) is 10.9 Å². The summed E-state index contributed by atoms with van der Waals surface area (Å²) in [5.41, 5.74) is -0.00234. The fraction of sp³-hybridized carbons (Fsp3) is 0.500. The molecule has 1 heterocycles. The van der Waals surface area contributed by atoms with Crippen LogP contribution in [0.1, 0.15) is 30.6 Å². The van der Waals surface area contributed by atoms with E-state index in [4.69, 9.17) is 11.6 Å². The number of piperidine rings is 1. The molecule has 1 aliphatic rings. The van der Waals surface area contributed by atoms with Crippen molar-refractivity contribution in [1.82, 2.24) is 10.6 Å². The van der Waals surface area contributed by atoms with Crippen molar-refractivity contribution in [1.29, 1.82) is 0 Å². The van der Waals surface area contributed by atoms with Crippen molar-refractivity contribution in [3.63, 3.8) is 0 Å². The van der Waals surface area contributed by atoms with E-state index in [0.717, 1.165) is 13.0 Å². The van der Waals surface area contributed by atoms with Crippen molar-refractivity contribution in [3.8, 4) is 0 Å². The summed E-state index contributed by atoms with van der Waals surface area (Å²) in [6.07, 6.45) is 0.993. The highest BCUT2D eigenvalue weighted by molar-refractivity contribution is 6.31. The minimum atomic E-state index is -0.550. The van der Waals surface area contributed by atoms with E-state index >= 15 is 0 Å². The maximum absolute atomic E-state index is 13.6. The Balaban J connectivity index is 0.00000200. The molecule has 2 N–H and O–H groups in total. The molecule has 0 aliphatic carbocycles. The third-order valence-electron chi connectivity index (χ3n) is 3.69. The zero-order valence-electron chi connectivity index (χ0n) is 11.5. The van der Waals surface area contributed by atoms with Gasteiger partial charge in [0.15, 0.2) is 0 Å². The van der Waals surface area contributed by atoms with E-state index in [9.17, 15) is 9.18 Å². The van der Waals surface area contributed by atoms with Crippen molar-refractivity contribution in [2.75, 3.05) is 6.54 Å². The van der Waals surface area contributed by atoms with Crippen LogP contribution in [0.25, 0.3) is 0 Å². The van der Waals surface area contributed by atoms with Crippen LogP contribution in [-0.2, 0) is 0 Å². The lowest BCUT2D eigenvalue weighted by molar-refractivity contribution is 0.0893. The first-order valence-corrected chi connectivity index (χ1v) is 6.86. The maximum Gasteiger partial charge on any atom is 0.254 e. The predicted molar refractivity (Wildman–Crippen MR) is 81.2 cm³/mol. The molecular weight excluding hydrogens is 302 g/mol. The van der Waals surface area contributed by atoms with Crippen LogP contribution in [-0.4, -0.2) is 24.5 Å². The summed E-state index contributed by atoms with van der Waals surface area (Å²) in [4.78, 5) is 12.1. The Morgan fingerprint density at radius 1 is 1.45 bits per heavy atom. The number of hydrogen-bond acceptors (Lipinski definition) is 2.